The lowest BCUT2D eigenvalue weighted by molar-refractivity contribution is -0.138. The third-order valence-electron chi connectivity index (χ3n) is 4.49. The maximum atomic E-state index is 14.4. The molecule has 0 N–H and O–H groups in total. The summed E-state index contributed by atoms with van der Waals surface area (Å²) < 4.78 is 60.2. The third kappa shape index (κ3) is 3.51. The molecule has 0 spiro atoms. The largest absolute Gasteiger partial charge is 0.493 e. The maximum absolute atomic E-state index is 14.4. The molecule has 1 unspecified atom stereocenters. The fourth-order valence-corrected chi connectivity index (χ4v) is 3.60. The van der Waals surface area contributed by atoms with Crippen LogP contribution in [0.4, 0.5) is 17.6 Å². The molecule has 0 saturated carbocycles. The summed E-state index contributed by atoms with van der Waals surface area (Å²) in [6, 6.07) is 4.04. The minimum atomic E-state index is -4.48. The zero-order valence-corrected chi connectivity index (χ0v) is 15.8. The molecule has 0 fully saturated rings. The molecule has 3 nitrogen and oxygen atoms in total. The highest BCUT2D eigenvalue weighted by atomic mass is 79.9. The van der Waals surface area contributed by atoms with Gasteiger partial charge in [-0.05, 0) is 58.5 Å². The molecule has 0 bridgehead atoms. The van der Waals surface area contributed by atoms with Gasteiger partial charge in [-0.25, -0.2) is 4.39 Å². The number of rotatable bonds is 2. The van der Waals surface area contributed by atoms with Gasteiger partial charge in [0.25, 0.3) is 0 Å². The number of alkyl halides is 3. The van der Waals surface area contributed by atoms with Crippen molar-refractivity contribution >= 4 is 15.9 Å². The topological polar surface area (TPSA) is 26.5 Å². The molecule has 26 heavy (non-hydrogen) atoms. The van der Waals surface area contributed by atoms with Gasteiger partial charge in [-0.2, -0.15) is 13.2 Å². The minimum Gasteiger partial charge on any atom is -0.493 e. The van der Waals surface area contributed by atoms with Crippen molar-refractivity contribution in [2.45, 2.75) is 31.5 Å². The predicted molar refractivity (Wildman–Crippen MR) is 92.3 cm³/mol. The van der Waals surface area contributed by atoms with Crippen molar-refractivity contribution in [2.24, 2.45) is 12.0 Å². The smallest absolute Gasteiger partial charge is 0.417 e. The predicted octanol–water partition coefficient (Wildman–Crippen LogP) is 4.93. The summed E-state index contributed by atoms with van der Waals surface area (Å²) in [4.78, 5) is 4.61. The van der Waals surface area contributed by atoms with Crippen LogP contribution in [0.3, 0.4) is 0 Å². The van der Waals surface area contributed by atoms with E-state index in [2.05, 4.69) is 20.9 Å². The fourth-order valence-electron chi connectivity index (χ4n) is 3.23. The normalized spacial score (nSPS) is 18.0. The number of hydrogen-bond acceptors (Lipinski definition) is 2. The van der Waals surface area contributed by atoms with Crippen molar-refractivity contribution in [3.05, 3.63) is 56.9 Å². The highest BCUT2D eigenvalue weighted by molar-refractivity contribution is 9.10. The molecule has 0 saturated heterocycles. The van der Waals surface area contributed by atoms with Gasteiger partial charge in [0.15, 0.2) is 11.2 Å². The van der Waals surface area contributed by atoms with E-state index in [0.717, 1.165) is 24.2 Å². The number of methoxy groups -OCH3 is 1. The lowest BCUT2D eigenvalue weighted by Crippen LogP contribution is -2.24. The highest BCUT2D eigenvalue weighted by Crippen LogP contribution is 2.36. The van der Waals surface area contributed by atoms with Crippen LogP contribution in [0.2, 0.25) is 0 Å². The number of nitrogens with zero attached hydrogens (tertiary/aromatic N) is 2. The van der Waals surface area contributed by atoms with Gasteiger partial charge in [0.05, 0.1) is 23.2 Å². The van der Waals surface area contributed by atoms with E-state index in [4.69, 9.17) is 4.74 Å². The molecule has 1 aliphatic rings. The lowest BCUT2D eigenvalue weighted by atomic mass is 9.87. The van der Waals surface area contributed by atoms with Crippen molar-refractivity contribution in [1.29, 1.82) is 0 Å². The van der Waals surface area contributed by atoms with E-state index in [-0.39, 0.29) is 17.6 Å². The van der Waals surface area contributed by atoms with Gasteiger partial charge in [-0.3, -0.25) is 4.99 Å². The van der Waals surface area contributed by atoms with Crippen LogP contribution in [0.1, 0.15) is 35.6 Å². The van der Waals surface area contributed by atoms with Gasteiger partial charge in [0, 0.05) is 13.2 Å². The first kappa shape index (κ1) is 18.9. The molecule has 1 aromatic carbocycles. The first-order valence-corrected chi connectivity index (χ1v) is 8.84. The summed E-state index contributed by atoms with van der Waals surface area (Å²) in [5.41, 5.74) is 0.850. The number of halogens is 5. The van der Waals surface area contributed by atoms with Crippen molar-refractivity contribution in [3.8, 4) is 5.75 Å². The fraction of sp³-hybridized carbons (Fsp3) is 0.389. The SMILES string of the molecule is COc1cc(C(F)(F)F)cn(C)c1=NC1CCCc2c1ccc(Br)c2F. The van der Waals surface area contributed by atoms with E-state index >= 15 is 0 Å². The molecule has 1 aliphatic carbocycles. The molecule has 1 heterocycles. The van der Waals surface area contributed by atoms with E-state index in [0.29, 0.717) is 28.4 Å². The summed E-state index contributed by atoms with van der Waals surface area (Å²) >= 11 is 3.19. The van der Waals surface area contributed by atoms with Gasteiger partial charge < -0.3 is 9.30 Å². The Hall–Kier alpha value is -1.83. The second-order valence-corrected chi connectivity index (χ2v) is 7.05. The Bertz CT molecular complexity index is 905. The lowest BCUT2D eigenvalue weighted by Gasteiger charge is -2.24. The summed E-state index contributed by atoms with van der Waals surface area (Å²) in [5.74, 6) is -0.266. The van der Waals surface area contributed by atoms with Crippen molar-refractivity contribution in [3.63, 3.8) is 0 Å². The molecule has 140 valence electrons. The average Bonchev–Trinajstić information content (AvgIpc) is 2.59. The van der Waals surface area contributed by atoms with E-state index in [9.17, 15) is 17.6 Å². The number of benzene rings is 1. The molecule has 0 radical (unpaired) electrons. The van der Waals surface area contributed by atoms with Gasteiger partial charge in [-0.1, -0.05) is 6.07 Å². The number of hydrogen-bond donors (Lipinski definition) is 0. The van der Waals surface area contributed by atoms with E-state index in [1.807, 2.05) is 6.07 Å². The van der Waals surface area contributed by atoms with E-state index in [1.165, 1.54) is 18.7 Å². The Morgan fingerprint density at radius 2 is 2.04 bits per heavy atom. The highest BCUT2D eigenvalue weighted by Gasteiger charge is 2.32. The second kappa shape index (κ2) is 7.06. The van der Waals surface area contributed by atoms with Gasteiger partial charge in [0.1, 0.15) is 5.82 Å². The van der Waals surface area contributed by atoms with E-state index in [1.54, 1.807) is 6.07 Å². The zero-order valence-electron chi connectivity index (χ0n) is 14.2. The van der Waals surface area contributed by atoms with Crippen molar-refractivity contribution in [2.75, 3.05) is 7.11 Å². The Kier molecular flexibility index (Phi) is 5.14. The van der Waals surface area contributed by atoms with Crippen LogP contribution in [0.25, 0.3) is 0 Å². The average molecular weight is 433 g/mol. The van der Waals surface area contributed by atoms with Gasteiger partial charge in [0.2, 0.25) is 0 Å². The van der Waals surface area contributed by atoms with Crippen LogP contribution in [0.5, 0.6) is 5.75 Å². The summed E-state index contributed by atoms with van der Waals surface area (Å²) in [5, 5.41) is 0. The first-order valence-electron chi connectivity index (χ1n) is 8.05. The number of ether oxygens (including phenoxy) is 1. The van der Waals surface area contributed by atoms with Crippen LogP contribution in [0, 0.1) is 5.82 Å². The molecular formula is C18H17BrF4N2O. The molecule has 1 atom stereocenters. The van der Waals surface area contributed by atoms with Crippen LogP contribution >= 0.6 is 15.9 Å². The zero-order chi connectivity index (χ0) is 19.1. The van der Waals surface area contributed by atoms with E-state index < -0.39 is 11.7 Å². The van der Waals surface area contributed by atoms with Crippen molar-refractivity contribution in [1.82, 2.24) is 4.57 Å². The van der Waals surface area contributed by atoms with Crippen LogP contribution in [0.15, 0.2) is 33.9 Å². The quantitative estimate of drug-likeness (QED) is 0.617. The maximum Gasteiger partial charge on any atom is 0.417 e. The van der Waals surface area contributed by atoms with Gasteiger partial charge >= 0.3 is 6.18 Å². The van der Waals surface area contributed by atoms with Crippen LogP contribution in [-0.4, -0.2) is 11.7 Å². The Morgan fingerprint density at radius 3 is 2.69 bits per heavy atom. The Morgan fingerprint density at radius 1 is 1.31 bits per heavy atom. The number of pyridine rings is 1. The number of aryl methyl sites for hydroxylation is 1. The summed E-state index contributed by atoms with van der Waals surface area (Å²) in [6.07, 6.45) is -1.44. The third-order valence-corrected chi connectivity index (χ3v) is 5.11. The molecular weight excluding hydrogens is 416 g/mol. The monoisotopic (exact) mass is 432 g/mol. The first-order chi connectivity index (χ1) is 12.2. The van der Waals surface area contributed by atoms with Crippen LogP contribution < -0.4 is 10.2 Å². The summed E-state index contributed by atoms with van der Waals surface area (Å²) in [6.45, 7) is 0. The number of aromatic nitrogens is 1. The summed E-state index contributed by atoms with van der Waals surface area (Å²) in [7, 11) is 2.79. The van der Waals surface area contributed by atoms with Gasteiger partial charge in [-0.15, -0.1) is 0 Å². The van der Waals surface area contributed by atoms with Crippen molar-refractivity contribution < 1.29 is 22.3 Å². The molecule has 0 aliphatic heterocycles. The molecule has 8 heteroatoms. The molecule has 3 rings (SSSR count). The second-order valence-electron chi connectivity index (χ2n) is 6.20. The molecule has 1 aromatic heterocycles. The molecule has 2 aromatic rings. The Balaban J connectivity index is 2.14. The Labute approximate surface area is 156 Å². The van der Waals surface area contributed by atoms with Crippen LogP contribution in [-0.2, 0) is 19.6 Å². The standard InChI is InChI=1S/C18H17BrF4N2O/c1-25-9-10(18(21,22)23)8-15(26-2)17(25)24-14-5-3-4-12-11(14)6-7-13(19)16(12)20/h6-9,14H,3-5H2,1-2H3. The minimum absolute atomic E-state index is 0.0343. The molecule has 0 amide bonds. The number of fused-ring (bicyclic) bond motifs is 1.